The Bertz CT molecular complexity index is 390. The van der Waals surface area contributed by atoms with Crippen molar-refractivity contribution in [2.45, 2.75) is 33.2 Å². The van der Waals surface area contributed by atoms with E-state index in [0.29, 0.717) is 19.0 Å². The maximum absolute atomic E-state index is 12.8. The maximum atomic E-state index is 12.8. The van der Waals surface area contributed by atoms with Gasteiger partial charge in [0.15, 0.2) is 0 Å². The minimum absolute atomic E-state index is 0.0897. The molecule has 0 atom stereocenters. The first-order chi connectivity index (χ1) is 8.99. The zero-order chi connectivity index (χ0) is 14.3. The average Bonchev–Trinajstić information content (AvgIpc) is 2.36. The molecule has 106 valence electrons. The molecule has 0 aliphatic carbocycles. The highest BCUT2D eigenvalue weighted by atomic mass is 19.1. The van der Waals surface area contributed by atoms with Gasteiger partial charge in [-0.3, -0.25) is 0 Å². The number of carbonyl (C=O) groups is 1. The van der Waals surface area contributed by atoms with Gasteiger partial charge in [-0.15, -0.1) is 0 Å². The zero-order valence-electron chi connectivity index (χ0n) is 11.9. The number of nitrogens with zero attached hydrogens (tertiary/aromatic N) is 1. The fourth-order valence-electron chi connectivity index (χ4n) is 1.78. The topological polar surface area (TPSA) is 32.3 Å². The van der Waals surface area contributed by atoms with Gasteiger partial charge in [-0.2, -0.15) is 0 Å². The van der Waals surface area contributed by atoms with Crippen molar-refractivity contribution in [3.8, 4) is 0 Å². The summed E-state index contributed by atoms with van der Waals surface area (Å²) in [5, 5.41) is 2.88. The van der Waals surface area contributed by atoms with Crippen molar-refractivity contribution in [1.82, 2.24) is 10.2 Å². The van der Waals surface area contributed by atoms with Crippen molar-refractivity contribution in [2.24, 2.45) is 5.92 Å². The van der Waals surface area contributed by atoms with Gasteiger partial charge in [0.25, 0.3) is 0 Å². The molecule has 0 aliphatic heterocycles. The number of urea groups is 1. The number of amides is 2. The van der Waals surface area contributed by atoms with Crippen LogP contribution in [-0.2, 0) is 6.54 Å². The summed E-state index contributed by atoms with van der Waals surface area (Å²) in [7, 11) is 1.74. The molecule has 0 radical (unpaired) electrons. The lowest BCUT2D eigenvalue weighted by atomic mass is 10.1. The molecule has 0 saturated heterocycles. The van der Waals surface area contributed by atoms with E-state index in [4.69, 9.17) is 0 Å². The molecule has 0 fully saturated rings. The lowest BCUT2D eigenvalue weighted by molar-refractivity contribution is 0.206. The lowest BCUT2D eigenvalue weighted by Crippen LogP contribution is -2.37. The van der Waals surface area contributed by atoms with E-state index in [-0.39, 0.29) is 11.8 Å². The Labute approximate surface area is 114 Å². The number of rotatable bonds is 6. The largest absolute Gasteiger partial charge is 0.338 e. The summed E-state index contributed by atoms with van der Waals surface area (Å²) in [6.45, 7) is 5.52. The Morgan fingerprint density at radius 3 is 2.53 bits per heavy atom. The fraction of sp³-hybridized carbons (Fsp3) is 0.533. The predicted octanol–water partition coefficient (Wildman–Crippen LogP) is 3.40. The minimum atomic E-state index is -0.260. The third-order valence-corrected chi connectivity index (χ3v) is 2.91. The van der Waals surface area contributed by atoms with Crippen LogP contribution in [0.25, 0.3) is 0 Å². The van der Waals surface area contributed by atoms with E-state index in [2.05, 4.69) is 19.2 Å². The molecular weight excluding hydrogens is 243 g/mol. The molecule has 19 heavy (non-hydrogen) atoms. The molecule has 0 saturated carbocycles. The van der Waals surface area contributed by atoms with E-state index in [1.807, 2.05) is 0 Å². The van der Waals surface area contributed by atoms with Crippen LogP contribution >= 0.6 is 0 Å². The monoisotopic (exact) mass is 266 g/mol. The standard InChI is InChI=1S/C15H23FN2O/c1-12(2)5-4-10-17-15(19)18(3)11-13-6-8-14(16)9-7-13/h6-9,12H,4-5,10-11H2,1-3H3,(H,17,19). The number of hydrogen-bond donors (Lipinski definition) is 1. The van der Waals surface area contributed by atoms with Crippen molar-refractivity contribution in [2.75, 3.05) is 13.6 Å². The number of hydrogen-bond acceptors (Lipinski definition) is 1. The number of benzene rings is 1. The summed E-state index contributed by atoms with van der Waals surface area (Å²) in [4.78, 5) is 13.4. The summed E-state index contributed by atoms with van der Waals surface area (Å²) in [5.74, 6) is 0.401. The third-order valence-electron chi connectivity index (χ3n) is 2.91. The van der Waals surface area contributed by atoms with Gasteiger partial charge in [-0.05, 0) is 36.5 Å². The van der Waals surface area contributed by atoms with E-state index in [1.54, 1.807) is 24.1 Å². The lowest BCUT2D eigenvalue weighted by Gasteiger charge is -2.18. The van der Waals surface area contributed by atoms with Crippen molar-refractivity contribution >= 4 is 6.03 Å². The van der Waals surface area contributed by atoms with E-state index in [9.17, 15) is 9.18 Å². The first kappa shape index (κ1) is 15.5. The Morgan fingerprint density at radius 1 is 1.32 bits per heavy atom. The Balaban J connectivity index is 2.30. The highest BCUT2D eigenvalue weighted by molar-refractivity contribution is 5.73. The van der Waals surface area contributed by atoms with Crippen LogP contribution in [0.5, 0.6) is 0 Å². The van der Waals surface area contributed by atoms with Crippen LogP contribution in [0, 0.1) is 11.7 Å². The van der Waals surface area contributed by atoms with Gasteiger partial charge >= 0.3 is 6.03 Å². The first-order valence-electron chi connectivity index (χ1n) is 6.72. The molecule has 1 aromatic rings. The Kier molecular flexibility index (Phi) is 6.33. The summed E-state index contributed by atoms with van der Waals surface area (Å²) in [5.41, 5.74) is 0.918. The zero-order valence-corrected chi connectivity index (χ0v) is 11.9. The predicted molar refractivity (Wildman–Crippen MR) is 75.3 cm³/mol. The molecule has 0 spiro atoms. The van der Waals surface area contributed by atoms with E-state index >= 15 is 0 Å². The van der Waals surface area contributed by atoms with Gasteiger partial charge in [0, 0.05) is 20.1 Å². The average molecular weight is 266 g/mol. The smallest absolute Gasteiger partial charge is 0.317 e. The summed E-state index contributed by atoms with van der Waals surface area (Å²) >= 11 is 0. The molecule has 0 aliphatic rings. The van der Waals surface area contributed by atoms with E-state index in [0.717, 1.165) is 18.4 Å². The van der Waals surface area contributed by atoms with Crippen molar-refractivity contribution in [3.63, 3.8) is 0 Å². The maximum Gasteiger partial charge on any atom is 0.317 e. The molecule has 0 heterocycles. The highest BCUT2D eigenvalue weighted by Crippen LogP contribution is 2.06. The van der Waals surface area contributed by atoms with Gasteiger partial charge in [0.05, 0.1) is 0 Å². The van der Waals surface area contributed by atoms with Crippen LogP contribution in [0.1, 0.15) is 32.3 Å². The van der Waals surface area contributed by atoms with Crippen molar-refractivity contribution in [1.29, 1.82) is 0 Å². The SMILES string of the molecule is CC(C)CCCNC(=O)N(C)Cc1ccc(F)cc1. The van der Waals surface area contributed by atoms with Crippen LogP contribution in [0.3, 0.4) is 0 Å². The molecular formula is C15H23FN2O. The van der Waals surface area contributed by atoms with Gasteiger partial charge in [-0.1, -0.05) is 26.0 Å². The Hall–Kier alpha value is -1.58. The van der Waals surface area contributed by atoms with Gasteiger partial charge < -0.3 is 10.2 Å². The fourth-order valence-corrected chi connectivity index (χ4v) is 1.78. The molecule has 0 aromatic heterocycles. The van der Waals surface area contributed by atoms with E-state index in [1.165, 1.54) is 12.1 Å². The molecule has 0 unspecified atom stereocenters. The molecule has 4 heteroatoms. The second kappa shape index (κ2) is 7.77. The van der Waals surface area contributed by atoms with Gasteiger partial charge in [0.1, 0.15) is 5.82 Å². The van der Waals surface area contributed by atoms with Crippen molar-refractivity contribution < 1.29 is 9.18 Å². The van der Waals surface area contributed by atoms with Crippen LogP contribution in [0.15, 0.2) is 24.3 Å². The number of halogens is 1. The number of nitrogens with one attached hydrogen (secondary N) is 1. The molecule has 3 nitrogen and oxygen atoms in total. The molecule has 1 rings (SSSR count). The molecule has 1 N–H and O–H groups in total. The second-order valence-electron chi connectivity index (χ2n) is 5.25. The van der Waals surface area contributed by atoms with Crippen LogP contribution in [0.2, 0.25) is 0 Å². The quantitative estimate of drug-likeness (QED) is 0.786. The van der Waals surface area contributed by atoms with E-state index < -0.39 is 0 Å². The minimum Gasteiger partial charge on any atom is -0.338 e. The number of carbonyl (C=O) groups excluding carboxylic acids is 1. The first-order valence-corrected chi connectivity index (χ1v) is 6.72. The van der Waals surface area contributed by atoms with Crippen LogP contribution in [0.4, 0.5) is 9.18 Å². The molecule has 2 amide bonds. The third kappa shape index (κ3) is 6.22. The van der Waals surface area contributed by atoms with Crippen molar-refractivity contribution in [3.05, 3.63) is 35.6 Å². The highest BCUT2D eigenvalue weighted by Gasteiger charge is 2.08. The summed E-state index contributed by atoms with van der Waals surface area (Å²) < 4.78 is 12.8. The summed E-state index contributed by atoms with van der Waals surface area (Å²) in [6, 6.07) is 6.11. The summed E-state index contributed by atoms with van der Waals surface area (Å²) in [6.07, 6.45) is 2.11. The normalized spacial score (nSPS) is 10.6. The van der Waals surface area contributed by atoms with Gasteiger partial charge in [0.2, 0.25) is 0 Å². The molecule has 0 bridgehead atoms. The van der Waals surface area contributed by atoms with Crippen LogP contribution in [-0.4, -0.2) is 24.5 Å². The van der Waals surface area contributed by atoms with Crippen LogP contribution < -0.4 is 5.32 Å². The molecule has 1 aromatic carbocycles. The Morgan fingerprint density at radius 2 is 1.95 bits per heavy atom. The van der Waals surface area contributed by atoms with Gasteiger partial charge in [-0.25, -0.2) is 9.18 Å². The second-order valence-corrected chi connectivity index (χ2v) is 5.25.